The Balaban J connectivity index is 2.83. The SMILES string of the molecule is COc1ccc(C(SC(C)C(C)O)C(C)N)cc1. The van der Waals surface area contributed by atoms with Crippen LogP contribution in [0.25, 0.3) is 0 Å². The van der Waals surface area contributed by atoms with E-state index in [4.69, 9.17) is 10.5 Å². The summed E-state index contributed by atoms with van der Waals surface area (Å²) in [6.07, 6.45) is -0.338. The Morgan fingerprint density at radius 1 is 1.17 bits per heavy atom. The van der Waals surface area contributed by atoms with Crippen LogP contribution in [0, 0.1) is 0 Å². The van der Waals surface area contributed by atoms with Crippen LogP contribution in [0.3, 0.4) is 0 Å². The summed E-state index contributed by atoms with van der Waals surface area (Å²) >= 11 is 1.71. The van der Waals surface area contributed by atoms with Gasteiger partial charge in [0.05, 0.1) is 13.2 Å². The molecule has 0 aliphatic carbocycles. The van der Waals surface area contributed by atoms with Crippen LogP contribution in [0.2, 0.25) is 0 Å². The van der Waals surface area contributed by atoms with Gasteiger partial charge in [0.1, 0.15) is 5.75 Å². The summed E-state index contributed by atoms with van der Waals surface area (Å²) in [6, 6.07) is 7.99. The Morgan fingerprint density at radius 3 is 2.11 bits per heavy atom. The van der Waals surface area contributed by atoms with Gasteiger partial charge in [-0.05, 0) is 31.5 Å². The maximum atomic E-state index is 9.60. The number of nitrogens with two attached hydrogens (primary N) is 1. The van der Waals surface area contributed by atoms with E-state index in [0.29, 0.717) is 0 Å². The Labute approximate surface area is 114 Å². The number of hydrogen-bond acceptors (Lipinski definition) is 4. The summed E-state index contributed by atoms with van der Waals surface area (Å²) in [7, 11) is 1.66. The van der Waals surface area contributed by atoms with Gasteiger partial charge < -0.3 is 15.6 Å². The largest absolute Gasteiger partial charge is 0.497 e. The molecule has 4 atom stereocenters. The molecule has 1 aromatic carbocycles. The van der Waals surface area contributed by atoms with Gasteiger partial charge in [-0.1, -0.05) is 19.1 Å². The summed E-state index contributed by atoms with van der Waals surface area (Å²) < 4.78 is 5.15. The molecular formula is C14H23NO2S. The average molecular weight is 269 g/mol. The van der Waals surface area contributed by atoms with Crippen LogP contribution in [0.5, 0.6) is 5.75 Å². The first-order chi connectivity index (χ1) is 8.45. The van der Waals surface area contributed by atoms with Crippen LogP contribution < -0.4 is 10.5 Å². The maximum absolute atomic E-state index is 9.60. The molecule has 0 aliphatic rings. The molecule has 0 amide bonds. The first-order valence-corrected chi connectivity index (χ1v) is 7.13. The summed E-state index contributed by atoms with van der Waals surface area (Å²) in [4.78, 5) is 0. The molecule has 1 rings (SSSR count). The van der Waals surface area contributed by atoms with Crippen LogP contribution >= 0.6 is 11.8 Å². The normalized spacial score (nSPS) is 17.9. The van der Waals surface area contributed by atoms with Gasteiger partial charge >= 0.3 is 0 Å². The molecule has 0 aromatic heterocycles. The zero-order chi connectivity index (χ0) is 13.7. The van der Waals surface area contributed by atoms with Crippen molar-refractivity contribution in [3.8, 4) is 5.75 Å². The third-order valence-electron chi connectivity index (χ3n) is 2.96. The molecule has 3 N–H and O–H groups in total. The van der Waals surface area contributed by atoms with Crippen molar-refractivity contribution in [3.63, 3.8) is 0 Å². The molecule has 0 fully saturated rings. The zero-order valence-corrected chi connectivity index (χ0v) is 12.3. The van der Waals surface area contributed by atoms with Gasteiger partial charge in [0.2, 0.25) is 0 Å². The van der Waals surface area contributed by atoms with Gasteiger partial charge in [-0.3, -0.25) is 0 Å². The highest BCUT2D eigenvalue weighted by atomic mass is 32.2. The first kappa shape index (κ1) is 15.3. The minimum atomic E-state index is -0.338. The molecule has 0 saturated carbocycles. The lowest BCUT2D eigenvalue weighted by molar-refractivity contribution is 0.196. The van der Waals surface area contributed by atoms with Crippen LogP contribution in [-0.2, 0) is 0 Å². The molecule has 4 unspecified atom stereocenters. The van der Waals surface area contributed by atoms with Gasteiger partial charge in [0, 0.05) is 16.5 Å². The Kier molecular flexibility index (Phi) is 5.99. The molecule has 3 nitrogen and oxygen atoms in total. The molecule has 0 spiro atoms. The number of aliphatic hydroxyl groups is 1. The third kappa shape index (κ3) is 4.19. The fourth-order valence-corrected chi connectivity index (χ4v) is 2.90. The molecule has 0 bridgehead atoms. The van der Waals surface area contributed by atoms with Crippen LogP contribution in [0.4, 0.5) is 0 Å². The van der Waals surface area contributed by atoms with Crippen molar-refractivity contribution >= 4 is 11.8 Å². The lowest BCUT2D eigenvalue weighted by Gasteiger charge is -2.25. The van der Waals surface area contributed by atoms with E-state index < -0.39 is 0 Å². The van der Waals surface area contributed by atoms with Gasteiger partial charge in [-0.2, -0.15) is 0 Å². The van der Waals surface area contributed by atoms with E-state index in [2.05, 4.69) is 0 Å². The highest BCUT2D eigenvalue weighted by molar-refractivity contribution is 8.00. The van der Waals surface area contributed by atoms with Crippen molar-refractivity contribution in [2.75, 3.05) is 7.11 Å². The second-order valence-corrected chi connectivity index (χ2v) is 6.16. The van der Waals surface area contributed by atoms with E-state index in [-0.39, 0.29) is 22.6 Å². The maximum Gasteiger partial charge on any atom is 0.118 e. The van der Waals surface area contributed by atoms with Crippen molar-refractivity contribution in [2.45, 2.75) is 43.4 Å². The highest BCUT2D eigenvalue weighted by Crippen LogP contribution is 2.36. The minimum Gasteiger partial charge on any atom is -0.497 e. The van der Waals surface area contributed by atoms with E-state index in [1.165, 1.54) is 5.56 Å². The van der Waals surface area contributed by atoms with Crippen molar-refractivity contribution in [3.05, 3.63) is 29.8 Å². The summed E-state index contributed by atoms with van der Waals surface area (Å²) in [5.74, 6) is 0.843. The lowest BCUT2D eigenvalue weighted by atomic mass is 10.1. The summed E-state index contributed by atoms with van der Waals surface area (Å²) in [6.45, 7) is 5.83. The predicted octanol–water partition coefficient (Wildman–Crippen LogP) is 2.59. The Bertz CT molecular complexity index is 351. The molecule has 0 radical (unpaired) electrons. The van der Waals surface area contributed by atoms with Gasteiger partial charge in [0.15, 0.2) is 0 Å². The number of methoxy groups -OCH3 is 1. The van der Waals surface area contributed by atoms with Gasteiger partial charge in [-0.25, -0.2) is 0 Å². The van der Waals surface area contributed by atoms with E-state index in [9.17, 15) is 5.11 Å². The molecule has 1 aromatic rings. The van der Waals surface area contributed by atoms with E-state index in [1.807, 2.05) is 45.0 Å². The quantitative estimate of drug-likeness (QED) is 0.833. The van der Waals surface area contributed by atoms with Crippen LogP contribution in [0.1, 0.15) is 31.6 Å². The fraction of sp³-hybridized carbons (Fsp3) is 0.571. The second-order valence-electron chi connectivity index (χ2n) is 4.63. The molecule has 0 saturated heterocycles. The molecule has 102 valence electrons. The van der Waals surface area contributed by atoms with E-state index in [1.54, 1.807) is 18.9 Å². The third-order valence-corrected chi connectivity index (χ3v) is 4.78. The van der Waals surface area contributed by atoms with Crippen LogP contribution in [0.15, 0.2) is 24.3 Å². The standard InChI is InChI=1S/C14H23NO2S/c1-9(15)14(18-11(3)10(2)16)12-5-7-13(17-4)8-6-12/h5-11,14,16H,15H2,1-4H3. The monoisotopic (exact) mass is 269 g/mol. The molecular weight excluding hydrogens is 246 g/mol. The summed E-state index contributed by atoms with van der Waals surface area (Å²) in [5.41, 5.74) is 7.22. The minimum absolute atomic E-state index is 0.0320. The van der Waals surface area contributed by atoms with Crippen LogP contribution in [-0.4, -0.2) is 29.6 Å². The number of thioether (sulfide) groups is 1. The molecule has 0 aliphatic heterocycles. The molecule has 0 heterocycles. The van der Waals surface area contributed by atoms with Crippen molar-refractivity contribution in [1.82, 2.24) is 0 Å². The average Bonchev–Trinajstić information content (AvgIpc) is 2.35. The van der Waals surface area contributed by atoms with Gasteiger partial charge in [0.25, 0.3) is 0 Å². The predicted molar refractivity (Wildman–Crippen MR) is 78.1 cm³/mol. The first-order valence-electron chi connectivity index (χ1n) is 6.18. The van der Waals surface area contributed by atoms with Crippen molar-refractivity contribution in [1.29, 1.82) is 0 Å². The fourth-order valence-electron chi connectivity index (χ4n) is 1.64. The smallest absolute Gasteiger partial charge is 0.118 e. The number of aliphatic hydroxyl groups excluding tert-OH is 1. The number of ether oxygens (including phenoxy) is 1. The Morgan fingerprint density at radius 2 is 1.72 bits per heavy atom. The van der Waals surface area contributed by atoms with E-state index in [0.717, 1.165) is 5.75 Å². The van der Waals surface area contributed by atoms with Crippen molar-refractivity contribution in [2.24, 2.45) is 5.73 Å². The zero-order valence-electron chi connectivity index (χ0n) is 11.5. The molecule has 4 heteroatoms. The van der Waals surface area contributed by atoms with Crippen molar-refractivity contribution < 1.29 is 9.84 Å². The summed E-state index contributed by atoms with van der Waals surface area (Å²) in [5, 5.41) is 9.94. The van der Waals surface area contributed by atoms with Gasteiger partial charge in [-0.15, -0.1) is 11.8 Å². The lowest BCUT2D eigenvalue weighted by Crippen LogP contribution is -2.26. The number of hydrogen-bond donors (Lipinski definition) is 2. The molecule has 18 heavy (non-hydrogen) atoms. The topological polar surface area (TPSA) is 55.5 Å². The van der Waals surface area contributed by atoms with E-state index >= 15 is 0 Å². The highest BCUT2D eigenvalue weighted by Gasteiger charge is 2.22. The second kappa shape index (κ2) is 7.02. The number of rotatable bonds is 6. The number of benzene rings is 1. The Hall–Kier alpha value is -0.710.